The fourth-order valence-corrected chi connectivity index (χ4v) is 5.40. The lowest BCUT2D eigenvalue weighted by Gasteiger charge is -2.32. The molecule has 1 heterocycles. The molecule has 0 saturated heterocycles. The van der Waals surface area contributed by atoms with Gasteiger partial charge in [0, 0.05) is 44.2 Å². The predicted octanol–water partition coefficient (Wildman–Crippen LogP) is 8.10. The van der Waals surface area contributed by atoms with E-state index in [-0.39, 0.29) is 24.1 Å². The normalized spacial score (nSPS) is 14.3. The summed E-state index contributed by atoms with van der Waals surface area (Å²) in [5, 5.41) is 13.6. The van der Waals surface area contributed by atoms with Gasteiger partial charge in [-0.2, -0.15) is 31.9 Å². The lowest BCUT2D eigenvalue weighted by Crippen LogP contribution is -2.39. The summed E-state index contributed by atoms with van der Waals surface area (Å²) in [6.07, 6.45) is -5.49. The molecule has 42 heavy (non-hydrogen) atoms. The van der Waals surface area contributed by atoms with Crippen molar-refractivity contribution in [1.29, 1.82) is 10.9 Å². The molecule has 2 N–H and O–H groups in total. The Morgan fingerprint density at radius 1 is 0.952 bits per heavy atom. The van der Waals surface area contributed by atoms with Crippen LogP contribution in [0.4, 0.5) is 32.2 Å². The first-order valence-corrected chi connectivity index (χ1v) is 13.7. The van der Waals surface area contributed by atoms with Gasteiger partial charge in [-0.05, 0) is 61.6 Å². The molecule has 1 fully saturated rings. The number of halogens is 6. The highest BCUT2D eigenvalue weighted by atomic mass is 19.4. The average Bonchev–Trinajstić information content (AvgIpc) is 3.46. The lowest BCUT2D eigenvalue weighted by molar-refractivity contribution is -0.143. The van der Waals surface area contributed by atoms with E-state index in [0.717, 1.165) is 48.1 Å². The molecule has 4 rings (SSSR count). The van der Waals surface area contributed by atoms with Gasteiger partial charge in [-0.1, -0.05) is 36.3 Å². The second-order valence-corrected chi connectivity index (χ2v) is 10.6. The monoisotopic (exact) mass is 593 g/mol. The summed E-state index contributed by atoms with van der Waals surface area (Å²) >= 11 is 0. The molecule has 13 heteroatoms. The number of benzene rings is 2. The van der Waals surface area contributed by atoms with Gasteiger partial charge in [0.2, 0.25) is 5.96 Å². The molecule has 0 amide bonds. The van der Waals surface area contributed by atoms with E-state index in [1.165, 1.54) is 11.9 Å². The number of nitrogens with zero attached hydrogens (tertiary/aromatic N) is 5. The number of aromatic nitrogens is 1. The molecule has 7 nitrogen and oxygen atoms in total. The molecule has 0 atom stereocenters. The number of rotatable bonds is 9. The van der Waals surface area contributed by atoms with Crippen molar-refractivity contribution in [3.05, 3.63) is 70.8 Å². The summed E-state index contributed by atoms with van der Waals surface area (Å²) in [5.41, 5.74) is 5.61. The highest BCUT2D eigenvalue weighted by molar-refractivity contribution is 5.82. The van der Waals surface area contributed by atoms with Crippen LogP contribution in [0.25, 0.3) is 10.9 Å². The Balaban J connectivity index is 1.79. The van der Waals surface area contributed by atoms with Crippen LogP contribution in [0.3, 0.4) is 0 Å². The van der Waals surface area contributed by atoms with Gasteiger partial charge in [0.1, 0.15) is 5.82 Å². The Morgan fingerprint density at radius 2 is 1.57 bits per heavy atom. The summed E-state index contributed by atoms with van der Waals surface area (Å²) < 4.78 is 81.4. The topological polar surface area (TPSA) is 82.7 Å². The number of hydrogen-bond donors (Lipinski definition) is 2. The molecule has 0 unspecified atom stereocenters. The maximum absolute atomic E-state index is 13.6. The van der Waals surface area contributed by atoms with Crippen molar-refractivity contribution in [2.75, 3.05) is 25.0 Å². The van der Waals surface area contributed by atoms with E-state index in [4.69, 9.17) is 15.9 Å². The van der Waals surface area contributed by atoms with Crippen molar-refractivity contribution in [2.24, 2.45) is 11.1 Å². The molecule has 0 spiro atoms. The molecule has 1 aliphatic rings. The number of pyridine rings is 1. The highest BCUT2D eigenvalue weighted by Gasteiger charge is 2.37. The van der Waals surface area contributed by atoms with Crippen LogP contribution in [0.1, 0.15) is 54.9 Å². The van der Waals surface area contributed by atoms with Crippen LogP contribution >= 0.6 is 0 Å². The van der Waals surface area contributed by atoms with E-state index in [0.29, 0.717) is 36.0 Å². The highest BCUT2D eigenvalue weighted by Crippen LogP contribution is 2.37. The number of fused-ring (bicyclic) bond motifs is 1. The smallest absolute Gasteiger partial charge is 0.356 e. The van der Waals surface area contributed by atoms with Crippen LogP contribution in [0.15, 0.2) is 53.8 Å². The second-order valence-electron chi connectivity index (χ2n) is 10.6. The molecule has 2 aromatic carbocycles. The van der Waals surface area contributed by atoms with Gasteiger partial charge in [-0.25, -0.2) is 9.99 Å². The fraction of sp³-hybridized carbons (Fsp3) is 0.448. The largest absolute Gasteiger partial charge is 0.416 e. The molecule has 3 aromatic rings. The van der Waals surface area contributed by atoms with Gasteiger partial charge in [-0.3, -0.25) is 5.41 Å². The Kier molecular flexibility index (Phi) is 9.27. The third kappa shape index (κ3) is 7.29. The van der Waals surface area contributed by atoms with Crippen LogP contribution in [-0.4, -0.2) is 41.0 Å². The summed E-state index contributed by atoms with van der Waals surface area (Å²) in [6, 6.07) is 10.7. The van der Waals surface area contributed by atoms with Crippen molar-refractivity contribution in [2.45, 2.75) is 58.0 Å². The number of anilines is 1. The van der Waals surface area contributed by atoms with Crippen LogP contribution in [0, 0.1) is 16.9 Å². The summed E-state index contributed by atoms with van der Waals surface area (Å²) in [5.74, 6) is 0.764. The molecular weight excluding hydrogens is 560 g/mol. The summed E-state index contributed by atoms with van der Waals surface area (Å²) in [6.45, 7) is 2.87. The molecular formula is C29H33F6N7. The standard InChI is InChI=1S/C29H33F6N7/c1-3-41(16-19-8-4-5-9-19)26-22(14-21-10-6-7-11-25(21)38-26)18-42(27(36)40(2)39-37)17-20-12-23(28(30,31)32)15-24(13-20)29(33,34)35/h6-7,10-15,19,36-37H,3-5,8-9,16-18H2,1-2H3. The number of alkyl halides is 6. The van der Waals surface area contributed by atoms with E-state index >= 15 is 0 Å². The number of guanidine groups is 1. The number of para-hydroxylation sites is 1. The van der Waals surface area contributed by atoms with E-state index in [9.17, 15) is 26.3 Å². The van der Waals surface area contributed by atoms with E-state index in [1.807, 2.05) is 37.3 Å². The van der Waals surface area contributed by atoms with Crippen LogP contribution in [0.5, 0.6) is 0 Å². The molecule has 0 aliphatic heterocycles. The Labute approximate surface area is 240 Å². The van der Waals surface area contributed by atoms with E-state index < -0.39 is 30.0 Å². The van der Waals surface area contributed by atoms with Gasteiger partial charge < -0.3 is 9.80 Å². The van der Waals surface area contributed by atoms with Crippen molar-refractivity contribution >= 4 is 22.7 Å². The molecule has 1 saturated carbocycles. The fourth-order valence-electron chi connectivity index (χ4n) is 5.40. The third-order valence-electron chi connectivity index (χ3n) is 7.55. The SMILES string of the molecule is CCN(CC1CCCC1)c1nc2ccccc2cc1CN(Cc1cc(C(F)(F)F)cc(C(F)(F)F)c1)C(=N)N(C)N=N. The Hall–Kier alpha value is -3.90. The molecule has 0 bridgehead atoms. The van der Waals surface area contributed by atoms with Crippen LogP contribution < -0.4 is 4.90 Å². The minimum Gasteiger partial charge on any atom is -0.356 e. The zero-order valence-corrected chi connectivity index (χ0v) is 23.4. The van der Waals surface area contributed by atoms with Gasteiger partial charge in [-0.15, -0.1) is 0 Å². The zero-order valence-electron chi connectivity index (χ0n) is 23.4. The molecule has 1 aliphatic carbocycles. The first-order chi connectivity index (χ1) is 19.8. The van der Waals surface area contributed by atoms with E-state index in [1.54, 1.807) is 0 Å². The molecule has 1 aromatic heterocycles. The minimum absolute atomic E-state index is 0.0649. The van der Waals surface area contributed by atoms with Gasteiger partial charge in [0.25, 0.3) is 0 Å². The Bertz CT molecular complexity index is 1380. The predicted molar refractivity (Wildman–Crippen MR) is 148 cm³/mol. The zero-order chi connectivity index (χ0) is 30.7. The summed E-state index contributed by atoms with van der Waals surface area (Å²) in [4.78, 5) is 8.36. The molecule has 0 radical (unpaired) electrons. The Morgan fingerprint density at radius 3 is 2.14 bits per heavy atom. The quantitative estimate of drug-likeness (QED) is 0.0864. The lowest BCUT2D eigenvalue weighted by atomic mass is 10.0. The maximum Gasteiger partial charge on any atom is 0.416 e. The average molecular weight is 594 g/mol. The van der Waals surface area contributed by atoms with Gasteiger partial charge in [0.15, 0.2) is 0 Å². The van der Waals surface area contributed by atoms with Gasteiger partial charge in [0.05, 0.1) is 16.6 Å². The minimum atomic E-state index is -5.00. The van der Waals surface area contributed by atoms with Crippen molar-refractivity contribution in [3.8, 4) is 0 Å². The first-order valence-electron chi connectivity index (χ1n) is 13.7. The molecule has 226 valence electrons. The third-order valence-corrected chi connectivity index (χ3v) is 7.55. The summed E-state index contributed by atoms with van der Waals surface area (Å²) in [7, 11) is 1.31. The first kappa shape index (κ1) is 31.0. The van der Waals surface area contributed by atoms with Gasteiger partial charge >= 0.3 is 12.4 Å². The number of nitrogens with one attached hydrogen (secondary N) is 2. The van der Waals surface area contributed by atoms with Crippen molar-refractivity contribution in [1.82, 2.24) is 14.9 Å². The number of hydrogen-bond acceptors (Lipinski definition) is 5. The second kappa shape index (κ2) is 12.5. The van der Waals surface area contributed by atoms with E-state index in [2.05, 4.69) is 10.1 Å². The van der Waals surface area contributed by atoms with Crippen LogP contribution in [-0.2, 0) is 25.4 Å². The maximum atomic E-state index is 13.6. The van der Waals surface area contributed by atoms with Crippen molar-refractivity contribution < 1.29 is 26.3 Å². The van der Waals surface area contributed by atoms with Crippen molar-refractivity contribution in [3.63, 3.8) is 0 Å². The van der Waals surface area contributed by atoms with Crippen LogP contribution in [0.2, 0.25) is 0 Å².